The molecule has 1 aliphatic heterocycles. The van der Waals surface area contributed by atoms with Gasteiger partial charge in [0.2, 0.25) is 0 Å². The highest BCUT2D eigenvalue weighted by molar-refractivity contribution is 5.72. The molecule has 40 heavy (non-hydrogen) atoms. The molecule has 6 nitrogen and oxygen atoms in total. The van der Waals surface area contributed by atoms with Crippen LogP contribution in [0.25, 0.3) is 11.3 Å². The fraction of sp³-hybridized carbons (Fsp3) is 0.484. The van der Waals surface area contributed by atoms with Crippen molar-refractivity contribution in [3.05, 3.63) is 71.0 Å². The van der Waals surface area contributed by atoms with Crippen molar-refractivity contribution < 1.29 is 22.7 Å². The molecule has 3 heterocycles. The second-order valence-electron chi connectivity index (χ2n) is 11.1. The Morgan fingerprint density at radius 1 is 1.12 bits per heavy atom. The van der Waals surface area contributed by atoms with Crippen molar-refractivity contribution in [2.24, 2.45) is 7.05 Å². The van der Waals surface area contributed by atoms with Gasteiger partial charge in [-0.3, -0.25) is 4.90 Å². The molecule has 2 fully saturated rings. The smallest absolute Gasteiger partial charge is 0.416 e. The van der Waals surface area contributed by atoms with Crippen molar-refractivity contribution in [3.8, 4) is 11.3 Å². The topological polar surface area (TPSA) is 50.6 Å². The van der Waals surface area contributed by atoms with E-state index in [1.54, 1.807) is 17.9 Å². The van der Waals surface area contributed by atoms with Crippen LogP contribution in [0.2, 0.25) is 0 Å². The average Bonchev–Trinajstić information content (AvgIpc) is 3.47. The van der Waals surface area contributed by atoms with Crippen LogP contribution in [0, 0.1) is 6.92 Å². The number of amides is 1. The van der Waals surface area contributed by atoms with Crippen LogP contribution in [0.4, 0.5) is 23.8 Å². The number of aromatic nitrogens is 2. The highest BCUT2D eigenvalue weighted by Gasteiger charge is 2.41. The third-order valence-corrected chi connectivity index (χ3v) is 8.30. The summed E-state index contributed by atoms with van der Waals surface area (Å²) < 4.78 is 48.3. The maximum atomic E-state index is 13.5. The van der Waals surface area contributed by atoms with Gasteiger partial charge in [-0.25, -0.2) is 9.78 Å². The number of nitrogens with zero attached hydrogens (tertiary/aromatic N) is 4. The van der Waals surface area contributed by atoms with Gasteiger partial charge in [-0.15, -0.1) is 0 Å². The first-order valence-electron chi connectivity index (χ1n) is 14.1. The molecular formula is C31H37F3N4O2. The van der Waals surface area contributed by atoms with Gasteiger partial charge in [0.15, 0.2) is 0 Å². The summed E-state index contributed by atoms with van der Waals surface area (Å²) >= 11 is 0. The molecular weight excluding hydrogens is 517 g/mol. The van der Waals surface area contributed by atoms with E-state index < -0.39 is 30.0 Å². The number of benzene rings is 1. The minimum atomic E-state index is -4.48. The zero-order valence-electron chi connectivity index (χ0n) is 23.5. The molecule has 0 spiro atoms. The zero-order valence-corrected chi connectivity index (χ0v) is 23.5. The van der Waals surface area contributed by atoms with Crippen LogP contribution in [0.1, 0.15) is 74.3 Å². The number of hydrogen-bond acceptors (Lipinski definition) is 4. The highest BCUT2D eigenvalue weighted by Crippen LogP contribution is 2.39. The van der Waals surface area contributed by atoms with Gasteiger partial charge in [-0.05, 0) is 69.5 Å². The van der Waals surface area contributed by atoms with Gasteiger partial charge in [-0.2, -0.15) is 13.2 Å². The molecule has 0 radical (unpaired) electrons. The number of carbonyl (C=O) groups excluding carboxylic acids is 1. The Morgan fingerprint density at radius 3 is 2.52 bits per heavy atom. The second-order valence-corrected chi connectivity index (χ2v) is 11.1. The van der Waals surface area contributed by atoms with E-state index in [9.17, 15) is 18.0 Å². The monoisotopic (exact) mass is 554 g/mol. The van der Waals surface area contributed by atoms with E-state index in [4.69, 9.17) is 9.72 Å². The fourth-order valence-electron chi connectivity index (χ4n) is 6.24. The largest absolute Gasteiger partial charge is 0.439 e. The molecule has 0 N–H and O–H groups in total. The average molecular weight is 555 g/mol. The molecule has 1 aliphatic carbocycles. The van der Waals surface area contributed by atoms with Crippen LogP contribution in [0.3, 0.4) is 0 Å². The van der Waals surface area contributed by atoms with Gasteiger partial charge in [0, 0.05) is 48.8 Å². The molecule has 3 aromatic rings. The molecule has 0 bridgehead atoms. The Kier molecular flexibility index (Phi) is 7.84. The number of aryl methyl sites for hydroxylation is 2. The van der Waals surface area contributed by atoms with Crippen molar-refractivity contribution in [2.75, 3.05) is 11.4 Å². The normalized spacial score (nSPS) is 20.2. The lowest BCUT2D eigenvalue weighted by molar-refractivity contribution is -0.137. The van der Waals surface area contributed by atoms with E-state index >= 15 is 0 Å². The quantitative estimate of drug-likeness (QED) is 0.301. The number of halogens is 3. The first-order chi connectivity index (χ1) is 19.1. The van der Waals surface area contributed by atoms with E-state index in [1.807, 2.05) is 43.1 Å². The summed E-state index contributed by atoms with van der Waals surface area (Å²) in [5.74, 6) is 0.853. The number of cyclic esters (lactones) is 1. The second kappa shape index (κ2) is 11.2. The molecule has 0 unspecified atom stereocenters. The van der Waals surface area contributed by atoms with Crippen LogP contribution < -0.4 is 4.90 Å². The molecule has 1 saturated heterocycles. The number of rotatable bonds is 7. The Labute approximate surface area is 233 Å². The van der Waals surface area contributed by atoms with Crippen LogP contribution in [-0.2, 0) is 24.5 Å². The molecule has 1 aromatic carbocycles. The van der Waals surface area contributed by atoms with Crippen LogP contribution in [0.15, 0.2) is 48.8 Å². The van der Waals surface area contributed by atoms with Crippen molar-refractivity contribution in [1.82, 2.24) is 14.5 Å². The van der Waals surface area contributed by atoms with Crippen LogP contribution in [-0.4, -0.2) is 39.2 Å². The fourth-order valence-corrected chi connectivity index (χ4v) is 6.24. The van der Waals surface area contributed by atoms with Gasteiger partial charge in [0.25, 0.3) is 0 Å². The summed E-state index contributed by atoms with van der Waals surface area (Å²) in [5, 5.41) is 0. The SMILES string of the molecule is CCN(c1ncc(-c2cccn2C)cc1CN1C(=O)O[C@H](c2cc(C)cc(C(F)(F)F)c2)[C@@H]1C)C1CCCCC1. The summed E-state index contributed by atoms with van der Waals surface area (Å²) in [6.07, 6.45) is 3.87. The third-order valence-electron chi connectivity index (χ3n) is 8.30. The Bertz CT molecular complexity index is 1360. The molecule has 2 aliphatic rings. The molecule has 2 aromatic heterocycles. The van der Waals surface area contributed by atoms with Crippen molar-refractivity contribution >= 4 is 11.9 Å². The lowest BCUT2D eigenvalue weighted by atomic mass is 9.93. The Balaban J connectivity index is 1.50. The van der Waals surface area contributed by atoms with Gasteiger partial charge in [0.1, 0.15) is 11.9 Å². The molecule has 9 heteroatoms. The van der Waals surface area contributed by atoms with E-state index in [1.165, 1.54) is 19.3 Å². The van der Waals surface area contributed by atoms with E-state index in [-0.39, 0.29) is 6.54 Å². The summed E-state index contributed by atoms with van der Waals surface area (Å²) in [4.78, 5) is 22.1. The van der Waals surface area contributed by atoms with Crippen LogP contribution in [0.5, 0.6) is 0 Å². The summed E-state index contributed by atoms with van der Waals surface area (Å²) in [6, 6.07) is 9.88. The third kappa shape index (κ3) is 5.56. The van der Waals surface area contributed by atoms with Gasteiger partial charge < -0.3 is 14.2 Å². The number of alkyl halides is 3. The van der Waals surface area contributed by atoms with Crippen molar-refractivity contribution in [1.29, 1.82) is 0 Å². The van der Waals surface area contributed by atoms with Gasteiger partial charge in [0.05, 0.1) is 18.2 Å². The first kappa shape index (κ1) is 28.1. The lowest BCUT2D eigenvalue weighted by Gasteiger charge is -2.36. The van der Waals surface area contributed by atoms with Crippen molar-refractivity contribution in [3.63, 3.8) is 0 Å². The maximum absolute atomic E-state index is 13.5. The number of anilines is 1. The Hall–Kier alpha value is -3.49. The predicted molar refractivity (Wildman–Crippen MR) is 149 cm³/mol. The maximum Gasteiger partial charge on any atom is 0.416 e. The van der Waals surface area contributed by atoms with Crippen LogP contribution >= 0.6 is 0 Å². The molecule has 1 amide bonds. The van der Waals surface area contributed by atoms with E-state index in [0.717, 1.165) is 54.2 Å². The Morgan fingerprint density at radius 2 is 1.88 bits per heavy atom. The van der Waals surface area contributed by atoms with E-state index in [0.29, 0.717) is 17.2 Å². The molecule has 214 valence electrons. The van der Waals surface area contributed by atoms with E-state index in [2.05, 4.69) is 17.9 Å². The van der Waals surface area contributed by atoms with Crippen molar-refractivity contribution in [2.45, 2.75) is 83.8 Å². The standard InChI is InChI=1S/C31H37F3N4O2/c1-5-37(26-10-7-6-8-11-26)29-24(16-23(18-35-29)27-12-9-13-36(27)4)19-38-21(3)28(40-30(38)39)22-14-20(2)15-25(17-22)31(32,33)34/h9,12-18,21,26,28H,5-8,10-11,19H2,1-4H3/t21-,28-/m0/s1. The number of hydrogen-bond donors (Lipinski definition) is 0. The van der Waals surface area contributed by atoms with Gasteiger partial charge >= 0.3 is 12.3 Å². The predicted octanol–water partition coefficient (Wildman–Crippen LogP) is 7.66. The lowest BCUT2D eigenvalue weighted by Crippen LogP contribution is -2.39. The summed E-state index contributed by atoms with van der Waals surface area (Å²) in [6.45, 7) is 6.62. The summed E-state index contributed by atoms with van der Waals surface area (Å²) in [7, 11) is 1.98. The number of ether oxygens (including phenoxy) is 1. The number of pyridine rings is 1. The highest BCUT2D eigenvalue weighted by atomic mass is 19.4. The number of carbonyl (C=O) groups is 1. The molecule has 1 saturated carbocycles. The minimum absolute atomic E-state index is 0.248. The van der Waals surface area contributed by atoms with Gasteiger partial charge in [-0.1, -0.05) is 30.9 Å². The summed E-state index contributed by atoms with van der Waals surface area (Å²) in [5.41, 5.74) is 2.93. The minimum Gasteiger partial charge on any atom is -0.439 e. The molecule has 2 atom stereocenters. The zero-order chi connectivity index (χ0) is 28.6. The molecule has 5 rings (SSSR count). The first-order valence-corrected chi connectivity index (χ1v) is 14.1.